The maximum atomic E-state index is 13.5. The molecule has 2 spiro atoms. The minimum absolute atomic E-state index is 0.0203. The van der Waals surface area contributed by atoms with Crippen LogP contribution >= 0.6 is 0 Å². The second kappa shape index (κ2) is 8.33. The van der Waals surface area contributed by atoms with Crippen molar-refractivity contribution in [1.82, 2.24) is 14.7 Å². The number of rotatable bonds is 5. The molecule has 0 aliphatic carbocycles. The molecular weight excluding hydrogens is 374 g/mol. The quantitative estimate of drug-likeness (QED) is 0.748. The summed E-state index contributed by atoms with van der Waals surface area (Å²) in [6, 6.07) is 10.0. The molecule has 0 unspecified atom stereocenters. The minimum Gasteiger partial charge on any atom is -0.342 e. The van der Waals surface area contributed by atoms with E-state index >= 15 is 0 Å². The first-order chi connectivity index (χ1) is 14.4. The van der Waals surface area contributed by atoms with Crippen LogP contribution in [0.15, 0.2) is 30.3 Å². The number of carbonyl (C=O) groups is 2. The Morgan fingerprint density at radius 3 is 2.33 bits per heavy atom. The Morgan fingerprint density at radius 2 is 1.73 bits per heavy atom. The van der Waals surface area contributed by atoms with Crippen LogP contribution in [0.5, 0.6) is 0 Å². The van der Waals surface area contributed by atoms with Crippen molar-refractivity contribution < 1.29 is 9.59 Å². The number of nitrogens with zero attached hydrogens (tertiary/aromatic N) is 3. The number of benzene rings is 1. The fraction of sp³-hybridized carbons (Fsp3) is 0.680. The molecule has 1 aromatic carbocycles. The van der Waals surface area contributed by atoms with Crippen molar-refractivity contribution in [2.75, 3.05) is 45.8 Å². The van der Waals surface area contributed by atoms with Gasteiger partial charge in [-0.25, -0.2) is 0 Å². The molecule has 5 nitrogen and oxygen atoms in total. The van der Waals surface area contributed by atoms with Gasteiger partial charge in [0.15, 0.2) is 0 Å². The third-order valence-corrected chi connectivity index (χ3v) is 7.82. The zero-order chi connectivity index (χ0) is 21.4. The molecule has 0 aromatic heterocycles. The highest BCUT2D eigenvalue weighted by atomic mass is 16.2. The highest BCUT2D eigenvalue weighted by Gasteiger charge is 2.64. The first-order valence-corrected chi connectivity index (χ1v) is 11.7. The van der Waals surface area contributed by atoms with Gasteiger partial charge in [0.1, 0.15) is 0 Å². The summed E-state index contributed by atoms with van der Waals surface area (Å²) in [5.74, 6) is 1.19. The molecule has 4 rings (SSSR count). The molecule has 5 heteroatoms. The number of hydrogen-bond donors (Lipinski definition) is 0. The van der Waals surface area contributed by atoms with Crippen molar-refractivity contribution in [3.05, 3.63) is 35.9 Å². The molecule has 3 saturated heterocycles. The van der Waals surface area contributed by atoms with Crippen LogP contribution in [-0.4, -0.2) is 72.3 Å². The molecule has 3 aliphatic heterocycles. The molecular formula is C25H37N3O2. The number of likely N-dealkylation sites (tertiary alicyclic amines) is 3. The van der Waals surface area contributed by atoms with E-state index in [4.69, 9.17) is 0 Å². The van der Waals surface area contributed by atoms with Crippen LogP contribution in [0, 0.1) is 16.7 Å². The first kappa shape index (κ1) is 21.4. The van der Waals surface area contributed by atoms with Crippen LogP contribution in [0.2, 0.25) is 0 Å². The second-order valence-electron chi connectivity index (χ2n) is 10.1. The number of fused-ring (bicyclic) bond motifs is 1. The van der Waals surface area contributed by atoms with Crippen molar-refractivity contribution in [1.29, 1.82) is 0 Å². The Kier molecular flexibility index (Phi) is 5.93. The van der Waals surface area contributed by atoms with Crippen LogP contribution in [-0.2, 0) is 16.0 Å². The van der Waals surface area contributed by atoms with Crippen molar-refractivity contribution in [3.8, 4) is 0 Å². The summed E-state index contributed by atoms with van der Waals surface area (Å²) in [5.41, 5.74) is 0.853. The summed E-state index contributed by atoms with van der Waals surface area (Å²) >= 11 is 0. The van der Waals surface area contributed by atoms with Gasteiger partial charge in [-0.3, -0.25) is 9.59 Å². The highest BCUT2D eigenvalue weighted by Crippen LogP contribution is 2.57. The van der Waals surface area contributed by atoms with Gasteiger partial charge in [0, 0.05) is 51.2 Å². The summed E-state index contributed by atoms with van der Waals surface area (Å²) in [5, 5.41) is 0. The van der Waals surface area contributed by atoms with E-state index in [0.717, 1.165) is 70.6 Å². The molecule has 0 radical (unpaired) electrons. The van der Waals surface area contributed by atoms with Crippen LogP contribution in [0.3, 0.4) is 0 Å². The Bertz CT molecular complexity index is 770. The first-order valence-electron chi connectivity index (χ1n) is 11.7. The maximum Gasteiger partial charge on any atom is 0.230 e. The largest absolute Gasteiger partial charge is 0.342 e. The third-order valence-electron chi connectivity index (χ3n) is 7.82. The molecule has 1 aromatic rings. The average Bonchev–Trinajstić information content (AvgIpc) is 3.20. The average molecular weight is 412 g/mol. The minimum atomic E-state index is -0.244. The normalized spacial score (nSPS) is 26.5. The monoisotopic (exact) mass is 411 g/mol. The van der Waals surface area contributed by atoms with Crippen molar-refractivity contribution >= 4 is 11.8 Å². The van der Waals surface area contributed by atoms with E-state index < -0.39 is 0 Å². The lowest BCUT2D eigenvalue weighted by Crippen LogP contribution is -2.53. The van der Waals surface area contributed by atoms with E-state index in [1.165, 1.54) is 0 Å². The SMILES string of the molecule is CCN1CC[C@]2(CN(CC(C)C)CC23CCN(C(=O)Cc2ccccc2)CC3)C1=O. The molecule has 0 N–H and O–H groups in total. The number of amides is 2. The van der Waals surface area contributed by atoms with E-state index in [2.05, 4.69) is 30.6 Å². The van der Waals surface area contributed by atoms with Gasteiger partial charge < -0.3 is 14.7 Å². The summed E-state index contributed by atoms with van der Waals surface area (Å²) in [7, 11) is 0. The predicted molar refractivity (Wildman–Crippen MR) is 119 cm³/mol. The van der Waals surface area contributed by atoms with Gasteiger partial charge in [0.2, 0.25) is 11.8 Å². The topological polar surface area (TPSA) is 43.9 Å². The van der Waals surface area contributed by atoms with Crippen LogP contribution in [0.1, 0.15) is 45.6 Å². The number of carbonyl (C=O) groups excluding carboxylic acids is 2. The Morgan fingerprint density at radius 1 is 1.03 bits per heavy atom. The van der Waals surface area contributed by atoms with Gasteiger partial charge in [-0.1, -0.05) is 44.2 Å². The predicted octanol–water partition coefficient (Wildman–Crippen LogP) is 3.05. The second-order valence-corrected chi connectivity index (χ2v) is 10.1. The van der Waals surface area contributed by atoms with Crippen molar-refractivity contribution in [3.63, 3.8) is 0 Å². The molecule has 1 atom stereocenters. The molecule has 0 saturated carbocycles. The molecule has 2 amide bonds. The molecule has 3 fully saturated rings. The summed E-state index contributed by atoms with van der Waals surface area (Å²) in [6.45, 7) is 12.8. The van der Waals surface area contributed by atoms with Crippen LogP contribution in [0.25, 0.3) is 0 Å². The molecule has 0 bridgehead atoms. The van der Waals surface area contributed by atoms with Crippen LogP contribution in [0.4, 0.5) is 0 Å². The lowest BCUT2D eigenvalue weighted by molar-refractivity contribution is -0.143. The molecule has 164 valence electrons. The van der Waals surface area contributed by atoms with Gasteiger partial charge in [-0.2, -0.15) is 0 Å². The van der Waals surface area contributed by atoms with E-state index in [0.29, 0.717) is 18.2 Å². The lowest BCUT2D eigenvalue weighted by Gasteiger charge is -2.47. The maximum absolute atomic E-state index is 13.5. The fourth-order valence-corrected chi connectivity index (χ4v) is 6.31. The molecule has 3 aliphatic rings. The van der Waals surface area contributed by atoms with E-state index in [9.17, 15) is 9.59 Å². The standard InChI is InChI=1S/C25H37N3O2/c1-4-27-15-12-25(23(27)30)19-26(17-20(2)3)18-24(25)10-13-28(14-11-24)22(29)16-21-8-6-5-7-9-21/h5-9,20H,4,10-19H2,1-3H3/t25-/m0/s1. The van der Waals surface area contributed by atoms with Crippen LogP contribution < -0.4 is 0 Å². The van der Waals surface area contributed by atoms with E-state index in [-0.39, 0.29) is 16.7 Å². The lowest BCUT2D eigenvalue weighted by atomic mass is 9.60. The highest BCUT2D eigenvalue weighted by molar-refractivity contribution is 5.87. The van der Waals surface area contributed by atoms with E-state index in [1.54, 1.807) is 0 Å². The molecule has 30 heavy (non-hydrogen) atoms. The summed E-state index contributed by atoms with van der Waals surface area (Å²) in [4.78, 5) is 33.1. The van der Waals surface area contributed by atoms with Gasteiger partial charge in [0.05, 0.1) is 11.8 Å². The van der Waals surface area contributed by atoms with Gasteiger partial charge in [-0.15, -0.1) is 0 Å². The van der Waals surface area contributed by atoms with Crippen molar-refractivity contribution in [2.24, 2.45) is 16.7 Å². The van der Waals surface area contributed by atoms with E-state index in [1.807, 2.05) is 35.2 Å². The number of hydrogen-bond acceptors (Lipinski definition) is 3. The zero-order valence-corrected chi connectivity index (χ0v) is 18.9. The van der Waals surface area contributed by atoms with Gasteiger partial charge in [0.25, 0.3) is 0 Å². The Labute approximate surface area is 181 Å². The Balaban J connectivity index is 1.49. The zero-order valence-electron chi connectivity index (χ0n) is 18.9. The number of piperidine rings is 1. The van der Waals surface area contributed by atoms with Crippen molar-refractivity contribution in [2.45, 2.75) is 46.5 Å². The smallest absolute Gasteiger partial charge is 0.230 e. The van der Waals surface area contributed by atoms with Gasteiger partial charge >= 0.3 is 0 Å². The summed E-state index contributed by atoms with van der Waals surface area (Å²) < 4.78 is 0. The third kappa shape index (κ3) is 3.66. The summed E-state index contributed by atoms with van der Waals surface area (Å²) in [6.07, 6.45) is 3.35. The fourth-order valence-electron chi connectivity index (χ4n) is 6.31. The Hall–Kier alpha value is -1.88. The van der Waals surface area contributed by atoms with Gasteiger partial charge in [-0.05, 0) is 37.7 Å². The molecule has 3 heterocycles.